The van der Waals surface area contributed by atoms with Crippen molar-refractivity contribution in [3.63, 3.8) is 0 Å². The Morgan fingerprint density at radius 1 is 1.00 bits per heavy atom. The van der Waals surface area contributed by atoms with Crippen molar-refractivity contribution in [2.24, 2.45) is 0 Å². The van der Waals surface area contributed by atoms with Crippen molar-refractivity contribution >= 4 is 79.2 Å². The van der Waals surface area contributed by atoms with Gasteiger partial charge in [-0.25, -0.2) is 0 Å². The Morgan fingerprint density at radius 2 is 1.07 bits per heavy atom. The number of carbonyl (C=O) groups is 2. The summed E-state index contributed by atoms with van der Waals surface area (Å²) in [5.41, 5.74) is 0. The topological polar surface area (TPSA) is 121 Å². The van der Waals surface area contributed by atoms with Crippen LogP contribution in [-0.2, 0) is 9.59 Å². The summed E-state index contributed by atoms with van der Waals surface area (Å²) in [6.45, 7) is 2.27. The molecule has 0 aromatic heterocycles. The molecule has 0 aliphatic heterocycles. The molecular weight excluding hydrogens is 231 g/mol. The Morgan fingerprint density at radius 3 is 1.07 bits per heavy atom. The van der Waals surface area contributed by atoms with Crippen LogP contribution in [0.2, 0.25) is 0 Å². The third kappa shape index (κ3) is 23.2. The minimum absolute atomic E-state index is 0. The summed E-state index contributed by atoms with van der Waals surface area (Å²) < 4.78 is 0. The molecule has 0 radical (unpaired) electrons. The predicted octanol–water partition coefficient (Wildman–Crippen LogP) is -4.80. The van der Waals surface area contributed by atoms with Crippen molar-refractivity contribution in [2.45, 2.75) is 26.1 Å². The monoisotopic (exact) mass is 242 g/mol. The van der Waals surface area contributed by atoms with E-state index in [2.05, 4.69) is 0 Å². The second kappa shape index (κ2) is 14.1. The van der Waals surface area contributed by atoms with Crippen LogP contribution in [0.15, 0.2) is 0 Å². The van der Waals surface area contributed by atoms with E-state index in [0.717, 1.165) is 13.8 Å². The first kappa shape index (κ1) is 24.4. The van der Waals surface area contributed by atoms with Crippen molar-refractivity contribution < 1.29 is 30.0 Å². The van der Waals surface area contributed by atoms with Gasteiger partial charge in [0, 0.05) is 0 Å². The van der Waals surface area contributed by atoms with Gasteiger partial charge < -0.3 is 30.0 Å². The summed E-state index contributed by atoms with van der Waals surface area (Å²) in [4.78, 5) is 18.7. The minimum atomic E-state index is -1.44. The van der Waals surface area contributed by atoms with Crippen molar-refractivity contribution in [3.8, 4) is 0 Å². The van der Waals surface area contributed by atoms with E-state index in [9.17, 15) is 19.8 Å². The molecule has 0 rings (SSSR count). The Balaban J connectivity index is -0.0000000625. The van der Waals surface area contributed by atoms with E-state index in [-0.39, 0.29) is 67.3 Å². The van der Waals surface area contributed by atoms with Gasteiger partial charge in [-0.2, -0.15) is 0 Å². The Labute approximate surface area is 134 Å². The molecule has 0 saturated heterocycles. The van der Waals surface area contributed by atoms with Crippen LogP contribution in [0.3, 0.4) is 0 Å². The van der Waals surface area contributed by atoms with E-state index in [1.54, 1.807) is 0 Å². The fraction of sp³-hybridized carbons (Fsp3) is 0.667. The summed E-state index contributed by atoms with van der Waals surface area (Å²) in [5.74, 6) is -2.87. The average Bonchev–Trinajstić information content (AvgIpc) is 1.88. The molecule has 0 fully saturated rings. The quantitative estimate of drug-likeness (QED) is 0.469. The van der Waals surface area contributed by atoms with E-state index < -0.39 is 24.1 Å². The molecule has 0 heterocycles. The first-order valence-electron chi connectivity index (χ1n) is 3.06. The number of carbonyl (C=O) groups excluding carboxylic acids is 2. The Bertz CT molecular complexity index is 142. The molecule has 8 heteroatoms. The number of carboxylic acid groups (broad SMARTS) is 2. The van der Waals surface area contributed by atoms with Crippen LogP contribution in [0, 0.1) is 0 Å². The molecule has 0 bridgehead atoms. The molecule has 2 atom stereocenters. The summed E-state index contributed by atoms with van der Waals surface area (Å²) in [5, 5.41) is 34.6. The third-order valence-corrected chi connectivity index (χ3v) is 0.682. The number of aliphatic hydroxyl groups is 2. The maximum absolute atomic E-state index is 9.34. The maximum atomic E-state index is 9.34. The summed E-state index contributed by atoms with van der Waals surface area (Å²) in [6.07, 6.45) is -2.69. The fourth-order valence-corrected chi connectivity index (χ4v) is 0. The molecule has 0 aromatic carbocycles. The van der Waals surface area contributed by atoms with Crippen LogP contribution in [0.4, 0.5) is 0 Å². The molecule has 0 aliphatic carbocycles. The Kier molecular flexibility index (Phi) is 24.6. The van der Waals surface area contributed by atoms with Crippen LogP contribution in [0.1, 0.15) is 13.8 Å². The van der Waals surface area contributed by atoms with E-state index in [0.29, 0.717) is 0 Å². The molecule has 74 valence electrons. The molecule has 0 amide bonds. The van der Waals surface area contributed by atoms with Crippen LogP contribution in [0.25, 0.3) is 0 Å². The molecule has 14 heavy (non-hydrogen) atoms. The van der Waals surface area contributed by atoms with E-state index in [1.807, 2.05) is 0 Å². The van der Waals surface area contributed by atoms with Gasteiger partial charge in [-0.05, 0) is 13.8 Å². The molecule has 0 saturated carbocycles. The van der Waals surface area contributed by atoms with Crippen LogP contribution in [-0.4, -0.2) is 102 Å². The summed E-state index contributed by atoms with van der Waals surface area (Å²) in [7, 11) is 0. The summed E-state index contributed by atoms with van der Waals surface area (Å²) >= 11 is 0. The standard InChI is InChI=1S/2C3H6O3.Ca.Na.H/c2*1-2(4)3(5)6;;;/h2*2,4H,1H3,(H,5,6);;;/q;;+2;;/p-2. The van der Waals surface area contributed by atoms with Gasteiger partial charge in [0.2, 0.25) is 0 Å². The van der Waals surface area contributed by atoms with Crippen molar-refractivity contribution in [1.82, 2.24) is 0 Å². The van der Waals surface area contributed by atoms with Gasteiger partial charge in [-0.3, -0.25) is 0 Å². The average molecular weight is 242 g/mol. The van der Waals surface area contributed by atoms with Gasteiger partial charge in [-0.15, -0.1) is 0 Å². The molecule has 2 unspecified atom stereocenters. The predicted molar refractivity (Wildman–Crippen MR) is 46.3 cm³/mol. The van der Waals surface area contributed by atoms with Gasteiger partial charge in [-0.1, -0.05) is 0 Å². The molecule has 0 aliphatic rings. The SMILES string of the molecule is CC(O)C(=O)[O-].CC(O)C(=O)[O-].[Ca+2].[NaH]. The zero-order chi connectivity index (χ0) is 10.3. The first-order chi connectivity index (χ1) is 5.29. The van der Waals surface area contributed by atoms with E-state index in [1.165, 1.54) is 0 Å². The number of aliphatic carboxylic acids is 2. The molecule has 6 nitrogen and oxygen atoms in total. The fourth-order valence-electron chi connectivity index (χ4n) is 0. The number of aliphatic hydroxyl groups excluding tert-OH is 2. The van der Waals surface area contributed by atoms with Gasteiger partial charge in [0.1, 0.15) is 0 Å². The summed E-state index contributed by atoms with van der Waals surface area (Å²) in [6, 6.07) is 0. The van der Waals surface area contributed by atoms with Crippen molar-refractivity contribution in [1.29, 1.82) is 0 Å². The first-order valence-corrected chi connectivity index (χ1v) is 3.06. The number of hydrogen-bond donors (Lipinski definition) is 2. The van der Waals surface area contributed by atoms with Gasteiger partial charge in [0.25, 0.3) is 0 Å². The molecule has 0 spiro atoms. The van der Waals surface area contributed by atoms with Gasteiger partial charge in [0.05, 0.1) is 24.1 Å². The number of carboxylic acids is 2. The normalized spacial score (nSPS) is 11.7. The van der Waals surface area contributed by atoms with E-state index >= 15 is 0 Å². The zero-order valence-corrected chi connectivity index (χ0v) is 9.60. The Hall–Kier alpha value is 1.12. The van der Waals surface area contributed by atoms with Crippen molar-refractivity contribution in [3.05, 3.63) is 0 Å². The van der Waals surface area contributed by atoms with Crippen LogP contribution < -0.4 is 10.2 Å². The third-order valence-electron chi connectivity index (χ3n) is 0.682. The second-order valence-corrected chi connectivity index (χ2v) is 1.99. The van der Waals surface area contributed by atoms with Crippen molar-refractivity contribution in [2.75, 3.05) is 0 Å². The second-order valence-electron chi connectivity index (χ2n) is 1.99. The van der Waals surface area contributed by atoms with Gasteiger partial charge in [0.15, 0.2) is 0 Å². The molecule has 2 N–H and O–H groups in total. The number of hydrogen-bond acceptors (Lipinski definition) is 6. The van der Waals surface area contributed by atoms with Gasteiger partial charge >= 0.3 is 67.3 Å². The zero-order valence-electron chi connectivity index (χ0n) is 7.39. The van der Waals surface area contributed by atoms with Crippen LogP contribution in [0.5, 0.6) is 0 Å². The number of rotatable bonds is 2. The molecular formula is C6H11CaNaO6. The van der Waals surface area contributed by atoms with Crippen LogP contribution >= 0.6 is 0 Å². The molecule has 0 aromatic rings. The van der Waals surface area contributed by atoms with E-state index in [4.69, 9.17) is 10.2 Å².